The largest absolute Gasteiger partial charge is 0.478 e. The van der Waals surface area contributed by atoms with Crippen LogP contribution in [0.4, 0.5) is 0 Å². The first-order valence-electron chi connectivity index (χ1n) is 12.0. The number of rotatable bonds is 15. The van der Waals surface area contributed by atoms with E-state index in [-0.39, 0.29) is 5.88 Å². The second-order valence-corrected chi connectivity index (χ2v) is 8.96. The van der Waals surface area contributed by atoms with Crippen molar-refractivity contribution in [1.82, 2.24) is 14.3 Å². The number of ether oxygens (including phenoxy) is 2. The molecule has 0 saturated heterocycles. The van der Waals surface area contributed by atoms with Gasteiger partial charge < -0.3 is 14.6 Å². The average Bonchev–Trinajstić information content (AvgIpc) is 2.80. The molecule has 1 heterocycles. The predicted octanol–water partition coefficient (Wildman–Crippen LogP) is 3.56. The van der Waals surface area contributed by atoms with Crippen LogP contribution in [0.5, 0.6) is 11.6 Å². The molecule has 0 saturated carbocycles. The minimum absolute atomic E-state index is 0.0433. The fourth-order valence-electron chi connectivity index (χ4n) is 3.36. The van der Waals surface area contributed by atoms with E-state index in [2.05, 4.69) is 12.0 Å². The van der Waals surface area contributed by atoms with E-state index in [1.807, 2.05) is 12.1 Å². The summed E-state index contributed by atoms with van der Waals surface area (Å²) in [5, 5.41) is 13.3. The van der Waals surface area contributed by atoms with E-state index in [0.29, 0.717) is 25.3 Å². The number of aromatic nitrogens is 3. The van der Waals surface area contributed by atoms with Crippen LogP contribution in [0.2, 0.25) is 0 Å². The second kappa shape index (κ2) is 13.0. The highest BCUT2D eigenvalue weighted by Gasteiger charge is 2.29. The maximum atomic E-state index is 12.3. The molecule has 1 aromatic carbocycles. The highest BCUT2D eigenvalue weighted by atomic mass is 16.5. The Morgan fingerprint density at radius 1 is 1.03 bits per heavy atom. The minimum Gasteiger partial charge on any atom is -0.478 e. The summed E-state index contributed by atoms with van der Waals surface area (Å²) >= 11 is 0. The van der Waals surface area contributed by atoms with Crippen LogP contribution in [0.15, 0.2) is 33.9 Å². The van der Waals surface area contributed by atoms with Gasteiger partial charge in [0.05, 0.1) is 6.61 Å². The highest BCUT2D eigenvalue weighted by Crippen LogP contribution is 2.20. The van der Waals surface area contributed by atoms with Crippen molar-refractivity contribution in [1.29, 1.82) is 0 Å². The van der Waals surface area contributed by atoms with Crippen LogP contribution in [-0.4, -0.2) is 37.6 Å². The van der Waals surface area contributed by atoms with E-state index < -0.39 is 22.8 Å². The molecule has 0 atom stereocenters. The van der Waals surface area contributed by atoms with Gasteiger partial charge in [-0.3, -0.25) is 9.36 Å². The first kappa shape index (κ1) is 27.1. The molecule has 2 aromatic rings. The fraction of sp³-hybridized carbons (Fsp3) is 0.600. The summed E-state index contributed by atoms with van der Waals surface area (Å²) in [7, 11) is 1.44. The van der Waals surface area contributed by atoms with Crippen LogP contribution >= 0.6 is 0 Å². The Balaban J connectivity index is 1.82. The van der Waals surface area contributed by atoms with Crippen LogP contribution in [0.25, 0.3) is 0 Å². The Bertz CT molecular complexity index is 1040. The van der Waals surface area contributed by atoms with Crippen molar-refractivity contribution in [2.75, 3.05) is 6.61 Å². The number of nitrogens with zero attached hydrogens (tertiary/aromatic N) is 3. The summed E-state index contributed by atoms with van der Waals surface area (Å²) in [5.41, 5.74) is -1.15. The Morgan fingerprint density at radius 2 is 1.71 bits per heavy atom. The number of unbranched alkanes of at least 4 members (excludes halogenated alkanes) is 5. The minimum atomic E-state index is -1.29. The van der Waals surface area contributed by atoms with Gasteiger partial charge in [0.25, 0.3) is 5.88 Å². The van der Waals surface area contributed by atoms with Crippen molar-refractivity contribution >= 4 is 5.97 Å². The number of aryl methyl sites for hydroxylation is 2. The van der Waals surface area contributed by atoms with E-state index in [1.54, 1.807) is 12.1 Å². The molecule has 9 heteroatoms. The van der Waals surface area contributed by atoms with E-state index in [0.717, 1.165) is 48.7 Å². The van der Waals surface area contributed by atoms with Gasteiger partial charge in [0.15, 0.2) is 5.60 Å². The van der Waals surface area contributed by atoms with Crippen LogP contribution in [0.3, 0.4) is 0 Å². The molecular weight excluding hydrogens is 438 g/mol. The summed E-state index contributed by atoms with van der Waals surface area (Å²) < 4.78 is 13.5. The molecule has 0 fully saturated rings. The van der Waals surface area contributed by atoms with Gasteiger partial charge in [0.2, 0.25) is 0 Å². The normalized spacial score (nSPS) is 11.4. The number of carboxylic acid groups (broad SMARTS) is 1. The molecule has 0 aliphatic rings. The van der Waals surface area contributed by atoms with Gasteiger partial charge in [-0.05, 0) is 57.2 Å². The quantitative estimate of drug-likeness (QED) is 0.392. The van der Waals surface area contributed by atoms with E-state index >= 15 is 0 Å². The smallest absolute Gasteiger partial charge is 0.347 e. The predicted molar refractivity (Wildman–Crippen MR) is 130 cm³/mol. The molecule has 2 rings (SSSR count). The molecular formula is C25H37N3O6. The highest BCUT2D eigenvalue weighted by molar-refractivity contribution is 5.76. The van der Waals surface area contributed by atoms with Crippen molar-refractivity contribution in [2.45, 2.75) is 84.3 Å². The Hall–Kier alpha value is -3.10. The van der Waals surface area contributed by atoms with E-state index in [4.69, 9.17) is 14.6 Å². The third-order valence-electron chi connectivity index (χ3n) is 5.59. The number of carboxylic acids is 1. The molecule has 0 aliphatic heterocycles. The fourth-order valence-corrected chi connectivity index (χ4v) is 3.36. The lowest BCUT2D eigenvalue weighted by molar-refractivity contribution is -0.152. The summed E-state index contributed by atoms with van der Waals surface area (Å²) in [6.45, 7) is 5.95. The summed E-state index contributed by atoms with van der Waals surface area (Å²) in [6.07, 6.45) is 7.65. The maximum Gasteiger partial charge on any atom is 0.347 e. The standard InChI is InChI=1S/C25H37N3O6/c1-5-6-7-8-10-17-28-24(32)27(4)22(29)21(26-28)33-18-11-9-12-19-13-15-20(16-14-19)34-25(2,3)23(30)31/h13-16H,5-12,17-18H2,1-4H3,(H,30,31). The van der Waals surface area contributed by atoms with Gasteiger partial charge in [-0.2, -0.15) is 0 Å². The molecule has 1 N–H and O–H groups in total. The Kier molecular flexibility index (Phi) is 10.3. The Labute approximate surface area is 200 Å². The van der Waals surface area contributed by atoms with Gasteiger partial charge in [-0.1, -0.05) is 44.7 Å². The summed E-state index contributed by atoms with van der Waals surface area (Å²) in [6, 6.07) is 7.33. The molecule has 188 valence electrons. The molecule has 9 nitrogen and oxygen atoms in total. The van der Waals surface area contributed by atoms with Crippen LogP contribution in [0, 0.1) is 0 Å². The molecule has 1 aromatic heterocycles. The maximum absolute atomic E-state index is 12.3. The van der Waals surface area contributed by atoms with Crippen LogP contribution in [0.1, 0.15) is 71.3 Å². The zero-order valence-corrected chi connectivity index (χ0v) is 20.7. The molecule has 0 radical (unpaired) electrons. The molecule has 0 unspecified atom stereocenters. The number of aliphatic carboxylic acids is 1. The molecule has 0 bridgehead atoms. The lowest BCUT2D eigenvalue weighted by atomic mass is 10.1. The van der Waals surface area contributed by atoms with Crippen LogP contribution < -0.4 is 20.7 Å². The zero-order valence-electron chi connectivity index (χ0n) is 20.7. The van der Waals surface area contributed by atoms with Crippen molar-refractivity contribution in [3.05, 3.63) is 50.7 Å². The zero-order chi connectivity index (χ0) is 25.1. The number of hydrogen-bond donors (Lipinski definition) is 1. The lowest BCUT2D eigenvalue weighted by Crippen LogP contribution is -2.40. The summed E-state index contributed by atoms with van der Waals surface area (Å²) in [4.78, 5) is 35.8. The third-order valence-corrected chi connectivity index (χ3v) is 5.59. The number of benzene rings is 1. The van der Waals surface area contributed by atoms with Gasteiger partial charge in [0.1, 0.15) is 5.75 Å². The van der Waals surface area contributed by atoms with Crippen LogP contribution in [-0.2, 0) is 24.8 Å². The first-order chi connectivity index (χ1) is 16.2. The van der Waals surface area contributed by atoms with Crippen molar-refractivity contribution in [2.24, 2.45) is 7.05 Å². The van der Waals surface area contributed by atoms with Gasteiger partial charge in [-0.25, -0.2) is 14.3 Å². The van der Waals surface area contributed by atoms with Crippen molar-refractivity contribution in [3.63, 3.8) is 0 Å². The SMILES string of the molecule is CCCCCCCn1nc(OCCCCc2ccc(OC(C)(C)C(=O)O)cc2)c(=O)n(C)c1=O. The number of hydrogen-bond acceptors (Lipinski definition) is 6. The third kappa shape index (κ3) is 8.04. The van der Waals surface area contributed by atoms with Crippen molar-refractivity contribution < 1.29 is 19.4 Å². The monoisotopic (exact) mass is 475 g/mol. The molecule has 0 amide bonds. The molecule has 34 heavy (non-hydrogen) atoms. The van der Waals surface area contributed by atoms with Gasteiger partial charge in [-0.15, -0.1) is 5.10 Å². The van der Waals surface area contributed by atoms with Gasteiger partial charge >= 0.3 is 17.2 Å². The van der Waals surface area contributed by atoms with E-state index in [1.165, 1.54) is 32.0 Å². The Morgan fingerprint density at radius 3 is 2.35 bits per heavy atom. The first-order valence-corrected chi connectivity index (χ1v) is 12.0. The van der Waals surface area contributed by atoms with Gasteiger partial charge in [0, 0.05) is 13.6 Å². The molecule has 0 aliphatic carbocycles. The van der Waals surface area contributed by atoms with Crippen molar-refractivity contribution in [3.8, 4) is 11.6 Å². The molecule has 0 spiro atoms. The topological polar surface area (TPSA) is 113 Å². The van der Waals surface area contributed by atoms with E-state index in [9.17, 15) is 14.4 Å². The summed E-state index contributed by atoms with van der Waals surface area (Å²) in [5.74, 6) is -0.566. The number of carbonyl (C=O) groups is 1. The lowest BCUT2D eigenvalue weighted by Gasteiger charge is -2.21. The average molecular weight is 476 g/mol. The second-order valence-electron chi connectivity index (χ2n) is 8.96.